The van der Waals surface area contributed by atoms with Crippen molar-refractivity contribution in [2.24, 2.45) is 5.92 Å². The molecule has 0 spiro atoms. The van der Waals surface area contributed by atoms with Crippen molar-refractivity contribution < 1.29 is 5.11 Å². The molecule has 0 bridgehead atoms. The minimum atomic E-state index is 0.149. The van der Waals surface area contributed by atoms with Crippen molar-refractivity contribution in [2.45, 2.75) is 38.8 Å². The van der Waals surface area contributed by atoms with Crippen LogP contribution < -0.4 is 5.32 Å². The van der Waals surface area contributed by atoms with Gasteiger partial charge in [0.25, 0.3) is 0 Å². The molecule has 1 aromatic rings. The maximum absolute atomic E-state index is 9.76. The van der Waals surface area contributed by atoms with E-state index >= 15 is 0 Å². The van der Waals surface area contributed by atoms with Crippen molar-refractivity contribution in [3.8, 4) is 5.75 Å². The maximum Gasteiger partial charge on any atom is 0.120 e. The molecule has 16 heavy (non-hydrogen) atoms. The standard InChI is InChI=1S/C13H18ClNO/c1-8-5-11(6-8)15-9(2)12-7-10(14)3-4-13(12)16/h3-4,7-9,11,15-16H,5-6H2,1-2H3. The minimum absolute atomic E-state index is 0.149. The third-order valence-corrected chi connectivity index (χ3v) is 3.55. The molecule has 2 nitrogen and oxygen atoms in total. The molecule has 1 aromatic carbocycles. The van der Waals surface area contributed by atoms with Crippen molar-refractivity contribution in [2.75, 3.05) is 0 Å². The van der Waals surface area contributed by atoms with Gasteiger partial charge in [0.1, 0.15) is 5.75 Å². The second-order valence-corrected chi connectivity index (χ2v) is 5.30. The predicted molar refractivity (Wildman–Crippen MR) is 66.9 cm³/mol. The largest absolute Gasteiger partial charge is 0.508 e. The lowest BCUT2D eigenvalue weighted by atomic mass is 9.81. The molecule has 1 atom stereocenters. The Morgan fingerprint density at radius 3 is 2.75 bits per heavy atom. The van der Waals surface area contributed by atoms with E-state index in [-0.39, 0.29) is 6.04 Å². The van der Waals surface area contributed by atoms with Gasteiger partial charge in [-0.05, 0) is 43.9 Å². The Morgan fingerprint density at radius 1 is 1.44 bits per heavy atom. The number of aromatic hydroxyl groups is 1. The number of benzene rings is 1. The molecule has 0 aliphatic heterocycles. The van der Waals surface area contributed by atoms with Gasteiger partial charge in [-0.15, -0.1) is 0 Å². The zero-order chi connectivity index (χ0) is 11.7. The van der Waals surface area contributed by atoms with Gasteiger partial charge in [-0.25, -0.2) is 0 Å². The van der Waals surface area contributed by atoms with Gasteiger partial charge in [0, 0.05) is 22.7 Å². The predicted octanol–water partition coefficient (Wildman–Crippen LogP) is 3.49. The Labute approximate surface area is 102 Å². The van der Waals surface area contributed by atoms with Crippen molar-refractivity contribution >= 4 is 11.6 Å². The quantitative estimate of drug-likeness (QED) is 0.846. The zero-order valence-corrected chi connectivity index (χ0v) is 10.5. The van der Waals surface area contributed by atoms with Crippen molar-refractivity contribution in [3.05, 3.63) is 28.8 Å². The number of halogens is 1. The summed E-state index contributed by atoms with van der Waals surface area (Å²) in [5.74, 6) is 1.15. The molecular weight excluding hydrogens is 222 g/mol. The van der Waals surface area contributed by atoms with E-state index in [1.54, 1.807) is 12.1 Å². The van der Waals surface area contributed by atoms with Gasteiger partial charge >= 0.3 is 0 Å². The highest BCUT2D eigenvalue weighted by Gasteiger charge is 2.27. The van der Waals surface area contributed by atoms with Crippen LogP contribution in [0.15, 0.2) is 18.2 Å². The van der Waals surface area contributed by atoms with Crippen LogP contribution in [-0.4, -0.2) is 11.1 Å². The Bertz CT molecular complexity index is 374. The SMILES string of the molecule is CC1CC(NC(C)c2cc(Cl)ccc2O)C1. The molecule has 2 rings (SSSR count). The van der Waals surface area contributed by atoms with E-state index in [2.05, 4.69) is 19.2 Å². The number of phenolic OH excluding ortho intramolecular Hbond substituents is 1. The maximum atomic E-state index is 9.76. The van der Waals surface area contributed by atoms with Crippen LogP contribution in [0, 0.1) is 5.92 Å². The van der Waals surface area contributed by atoms with Crippen LogP contribution in [0.1, 0.15) is 38.3 Å². The van der Waals surface area contributed by atoms with E-state index in [0.29, 0.717) is 16.8 Å². The van der Waals surface area contributed by atoms with Crippen molar-refractivity contribution in [1.82, 2.24) is 5.32 Å². The molecule has 0 saturated heterocycles. The highest BCUT2D eigenvalue weighted by atomic mass is 35.5. The van der Waals surface area contributed by atoms with Gasteiger partial charge in [-0.1, -0.05) is 18.5 Å². The average molecular weight is 240 g/mol. The van der Waals surface area contributed by atoms with Gasteiger partial charge in [0.2, 0.25) is 0 Å². The first-order valence-corrected chi connectivity index (χ1v) is 6.18. The van der Waals surface area contributed by atoms with E-state index in [1.165, 1.54) is 12.8 Å². The van der Waals surface area contributed by atoms with Crippen LogP contribution in [0.3, 0.4) is 0 Å². The van der Waals surface area contributed by atoms with Gasteiger partial charge in [0.05, 0.1) is 0 Å². The van der Waals surface area contributed by atoms with Crippen molar-refractivity contribution in [3.63, 3.8) is 0 Å². The van der Waals surface area contributed by atoms with Crippen molar-refractivity contribution in [1.29, 1.82) is 0 Å². The van der Waals surface area contributed by atoms with E-state index < -0.39 is 0 Å². The summed E-state index contributed by atoms with van der Waals surface area (Å²) in [6.45, 7) is 4.33. The summed E-state index contributed by atoms with van der Waals surface area (Å²) >= 11 is 5.93. The molecule has 1 unspecified atom stereocenters. The third kappa shape index (κ3) is 2.50. The van der Waals surface area contributed by atoms with E-state index in [4.69, 9.17) is 11.6 Å². The van der Waals surface area contributed by atoms with Gasteiger partial charge in [-0.3, -0.25) is 0 Å². The van der Waals surface area contributed by atoms with Crippen LogP contribution in [0.25, 0.3) is 0 Å². The Hall–Kier alpha value is -0.730. The van der Waals surface area contributed by atoms with Gasteiger partial charge in [-0.2, -0.15) is 0 Å². The molecule has 0 heterocycles. The molecule has 0 amide bonds. The monoisotopic (exact) mass is 239 g/mol. The molecule has 1 aliphatic carbocycles. The number of rotatable bonds is 3. The highest BCUT2D eigenvalue weighted by molar-refractivity contribution is 6.30. The Morgan fingerprint density at radius 2 is 2.12 bits per heavy atom. The zero-order valence-electron chi connectivity index (χ0n) is 9.70. The average Bonchev–Trinajstić information content (AvgIpc) is 2.19. The molecule has 0 radical (unpaired) electrons. The molecule has 1 fully saturated rings. The van der Waals surface area contributed by atoms with E-state index in [9.17, 15) is 5.11 Å². The first-order chi connectivity index (χ1) is 7.56. The second kappa shape index (κ2) is 4.64. The summed E-state index contributed by atoms with van der Waals surface area (Å²) in [6, 6.07) is 5.92. The summed E-state index contributed by atoms with van der Waals surface area (Å²) < 4.78 is 0. The molecule has 3 heteroatoms. The summed E-state index contributed by atoms with van der Waals surface area (Å²) in [5.41, 5.74) is 0.882. The number of phenols is 1. The van der Waals surface area contributed by atoms with Crippen LogP contribution in [0.5, 0.6) is 5.75 Å². The van der Waals surface area contributed by atoms with E-state index in [1.807, 2.05) is 6.07 Å². The number of nitrogens with one attached hydrogen (secondary N) is 1. The Kier molecular flexibility index (Phi) is 3.41. The summed E-state index contributed by atoms with van der Waals surface area (Å²) in [7, 11) is 0. The summed E-state index contributed by atoms with van der Waals surface area (Å²) in [6.07, 6.45) is 2.46. The fraction of sp³-hybridized carbons (Fsp3) is 0.538. The van der Waals surface area contributed by atoms with Gasteiger partial charge in [0.15, 0.2) is 0 Å². The Balaban J connectivity index is 2.02. The topological polar surface area (TPSA) is 32.3 Å². The smallest absolute Gasteiger partial charge is 0.120 e. The summed E-state index contributed by atoms with van der Waals surface area (Å²) in [5, 5.41) is 13.9. The number of hydrogen-bond donors (Lipinski definition) is 2. The lowest BCUT2D eigenvalue weighted by Crippen LogP contribution is -2.41. The third-order valence-electron chi connectivity index (χ3n) is 3.32. The normalized spacial score (nSPS) is 26.2. The van der Waals surface area contributed by atoms with Crippen LogP contribution in [-0.2, 0) is 0 Å². The molecule has 1 saturated carbocycles. The second-order valence-electron chi connectivity index (χ2n) is 4.86. The number of hydrogen-bond acceptors (Lipinski definition) is 2. The first kappa shape index (κ1) is 11.7. The summed E-state index contributed by atoms with van der Waals surface area (Å²) in [4.78, 5) is 0. The van der Waals surface area contributed by atoms with E-state index in [0.717, 1.165) is 11.5 Å². The molecule has 0 aromatic heterocycles. The van der Waals surface area contributed by atoms with Gasteiger partial charge < -0.3 is 10.4 Å². The lowest BCUT2D eigenvalue weighted by Gasteiger charge is -2.35. The first-order valence-electron chi connectivity index (χ1n) is 5.80. The molecular formula is C13H18ClNO. The van der Waals surface area contributed by atoms with Crippen LogP contribution in [0.4, 0.5) is 0 Å². The lowest BCUT2D eigenvalue weighted by molar-refractivity contribution is 0.225. The molecule has 2 N–H and O–H groups in total. The fourth-order valence-electron chi connectivity index (χ4n) is 2.35. The fourth-order valence-corrected chi connectivity index (χ4v) is 2.53. The molecule has 88 valence electrons. The minimum Gasteiger partial charge on any atom is -0.508 e. The highest BCUT2D eigenvalue weighted by Crippen LogP contribution is 2.32. The molecule has 1 aliphatic rings. The van der Waals surface area contributed by atoms with Crippen LogP contribution in [0.2, 0.25) is 5.02 Å². The van der Waals surface area contributed by atoms with Crippen LogP contribution >= 0.6 is 11.6 Å².